The molecule has 4 aliphatic rings. The maximum atomic E-state index is 12.4. The highest BCUT2D eigenvalue weighted by Crippen LogP contribution is 2.64. The summed E-state index contributed by atoms with van der Waals surface area (Å²) < 4.78 is 0. The normalized spacial score (nSPS) is 51.0. The molecule has 0 aromatic heterocycles. The van der Waals surface area contributed by atoms with Gasteiger partial charge in [-0.2, -0.15) is 0 Å². The van der Waals surface area contributed by atoms with Gasteiger partial charge in [-0.15, -0.1) is 0 Å². The molecule has 0 amide bonds. The summed E-state index contributed by atoms with van der Waals surface area (Å²) in [7, 11) is 0. The molecule has 0 heterocycles. The molecule has 22 heavy (non-hydrogen) atoms. The minimum atomic E-state index is -0.407. The second kappa shape index (κ2) is 4.53. The highest BCUT2D eigenvalue weighted by atomic mass is 16.3. The molecule has 1 N–H and O–H groups in total. The van der Waals surface area contributed by atoms with Crippen LogP contribution in [-0.4, -0.2) is 22.8 Å². The molecule has 3 saturated carbocycles. The number of rotatable bonds is 0. The number of ketones is 2. The number of Topliss-reactive ketones (excluding diaryl/α,β-unsaturated/α-hetero) is 1. The van der Waals surface area contributed by atoms with Crippen LogP contribution >= 0.6 is 0 Å². The zero-order chi connectivity index (χ0) is 15.7. The quantitative estimate of drug-likeness (QED) is 0.748. The van der Waals surface area contributed by atoms with E-state index in [2.05, 4.69) is 13.8 Å². The number of fused-ring (bicyclic) bond motifs is 5. The summed E-state index contributed by atoms with van der Waals surface area (Å²) in [4.78, 5) is 24.2. The summed E-state index contributed by atoms with van der Waals surface area (Å²) in [6.45, 7) is 4.34. The van der Waals surface area contributed by atoms with Crippen molar-refractivity contribution in [3.05, 3.63) is 11.6 Å². The Morgan fingerprint density at radius 2 is 1.86 bits per heavy atom. The van der Waals surface area contributed by atoms with Crippen LogP contribution in [0.5, 0.6) is 0 Å². The summed E-state index contributed by atoms with van der Waals surface area (Å²) in [6.07, 6.45) is 7.24. The summed E-state index contributed by atoms with van der Waals surface area (Å²) in [5, 5.41) is 10.9. The van der Waals surface area contributed by atoms with Crippen LogP contribution in [-0.2, 0) is 9.59 Å². The number of carbonyl (C=O) groups excluding carboxylic acids is 2. The Morgan fingerprint density at radius 1 is 1.09 bits per heavy atom. The number of aliphatic hydroxyl groups is 1. The number of hydrogen-bond donors (Lipinski definition) is 1. The lowest BCUT2D eigenvalue weighted by Gasteiger charge is -2.58. The maximum absolute atomic E-state index is 12.4. The van der Waals surface area contributed by atoms with Gasteiger partial charge in [0.2, 0.25) is 0 Å². The number of aliphatic hydroxyl groups excluding tert-OH is 1. The predicted octanol–water partition coefficient (Wildman–Crippen LogP) is 3.06. The van der Waals surface area contributed by atoms with Crippen LogP contribution in [0.25, 0.3) is 0 Å². The van der Waals surface area contributed by atoms with Crippen LogP contribution in [0.15, 0.2) is 11.6 Å². The molecule has 4 aliphatic carbocycles. The molecule has 0 saturated heterocycles. The van der Waals surface area contributed by atoms with E-state index in [0.29, 0.717) is 36.9 Å². The Labute approximate surface area is 132 Å². The van der Waals surface area contributed by atoms with Crippen LogP contribution in [0.2, 0.25) is 0 Å². The van der Waals surface area contributed by atoms with E-state index in [0.717, 1.165) is 25.7 Å². The van der Waals surface area contributed by atoms with Crippen molar-refractivity contribution >= 4 is 11.6 Å². The molecule has 0 aromatic rings. The molecule has 6 atom stereocenters. The summed E-state index contributed by atoms with van der Waals surface area (Å²) >= 11 is 0. The van der Waals surface area contributed by atoms with Crippen LogP contribution in [0, 0.1) is 28.6 Å². The van der Waals surface area contributed by atoms with Gasteiger partial charge in [0.1, 0.15) is 5.78 Å². The van der Waals surface area contributed by atoms with E-state index >= 15 is 0 Å². The number of hydrogen-bond acceptors (Lipinski definition) is 3. The van der Waals surface area contributed by atoms with Gasteiger partial charge in [-0.1, -0.05) is 19.4 Å². The zero-order valence-corrected chi connectivity index (χ0v) is 13.6. The lowest BCUT2D eigenvalue weighted by atomic mass is 9.46. The summed E-state index contributed by atoms with van der Waals surface area (Å²) in [5.74, 6) is 1.71. The highest BCUT2D eigenvalue weighted by molar-refractivity contribution is 5.91. The minimum Gasteiger partial charge on any atom is -0.393 e. The fourth-order valence-corrected chi connectivity index (χ4v) is 6.46. The molecule has 3 nitrogen and oxygen atoms in total. The SMILES string of the molecule is C[C@]12CCC(=O)C=C1CC[C@@H]1[C@H]2[C@@H](O)C[C@]2(C)C(=O)CC[C@H]12. The molecule has 0 spiro atoms. The van der Waals surface area contributed by atoms with E-state index in [-0.39, 0.29) is 22.5 Å². The topological polar surface area (TPSA) is 54.4 Å². The van der Waals surface area contributed by atoms with Crippen LogP contribution in [0.1, 0.15) is 58.8 Å². The van der Waals surface area contributed by atoms with Crippen molar-refractivity contribution in [2.75, 3.05) is 0 Å². The smallest absolute Gasteiger partial charge is 0.155 e. The second-order valence-electron chi connectivity index (χ2n) is 8.54. The third-order valence-electron chi connectivity index (χ3n) is 7.61. The van der Waals surface area contributed by atoms with E-state index < -0.39 is 6.10 Å². The van der Waals surface area contributed by atoms with Gasteiger partial charge in [0.15, 0.2) is 5.78 Å². The van der Waals surface area contributed by atoms with Crippen molar-refractivity contribution in [1.82, 2.24) is 0 Å². The first-order chi connectivity index (χ1) is 10.4. The molecule has 3 fully saturated rings. The van der Waals surface area contributed by atoms with Crippen LogP contribution < -0.4 is 0 Å². The lowest BCUT2D eigenvalue weighted by molar-refractivity contribution is -0.147. The predicted molar refractivity (Wildman–Crippen MR) is 83.1 cm³/mol. The van der Waals surface area contributed by atoms with Crippen molar-refractivity contribution in [3.8, 4) is 0 Å². The van der Waals surface area contributed by atoms with E-state index in [1.165, 1.54) is 5.57 Å². The Balaban J connectivity index is 1.75. The summed E-state index contributed by atoms with van der Waals surface area (Å²) in [6, 6.07) is 0. The van der Waals surface area contributed by atoms with Gasteiger partial charge < -0.3 is 5.11 Å². The van der Waals surface area contributed by atoms with Gasteiger partial charge >= 0.3 is 0 Å². The van der Waals surface area contributed by atoms with Gasteiger partial charge in [0.05, 0.1) is 6.10 Å². The number of carbonyl (C=O) groups is 2. The molecule has 0 unspecified atom stereocenters. The molecule has 4 rings (SSSR count). The van der Waals surface area contributed by atoms with Gasteiger partial charge in [-0.05, 0) is 61.3 Å². The van der Waals surface area contributed by atoms with Crippen molar-refractivity contribution in [2.45, 2.75) is 64.9 Å². The first-order valence-corrected chi connectivity index (χ1v) is 8.81. The van der Waals surface area contributed by atoms with E-state index in [4.69, 9.17) is 0 Å². The maximum Gasteiger partial charge on any atom is 0.155 e. The van der Waals surface area contributed by atoms with E-state index in [1.807, 2.05) is 6.08 Å². The molecule has 0 aromatic carbocycles. The van der Waals surface area contributed by atoms with Crippen molar-refractivity contribution < 1.29 is 14.7 Å². The average Bonchev–Trinajstić information content (AvgIpc) is 2.75. The Kier molecular flexibility index (Phi) is 3.01. The first kappa shape index (κ1) is 14.6. The first-order valence-electron chi connectivity index (χ1n) is 8.81. The minimum absolute atomic E-state index is 0.0385. The van der Waals surface area contributed by atoms with Gasteiger partial charge in [0.25, 0.3) is 0 Å². The Bertz CT molecular complexity index is 577. The van der Waals surface area contributed by atoms with Crippen LogP contribution in [0.3, 0.4) is 0 Å². The van der Waals surface area contributed by atoms with E-state index in [9.17, 15) is 14.7 Å². The monoisotopic (exact) mass is 302 g/mol. The molecule has 0 aliphatic heterocycles. The molecule has 0 radical (unpaired) electrons. The Hall–Kier alpha value is -0.960. The zero-order valence-electron chi connectivity index (χ0n) is 13.6. The average molecular weight is 302 g/mol. The van der Waals surface area contributed by atoms with Crippen LogP contribution in [0.4, 0.5) is 0 Å². The van der Waals surface area contributed by atoms with Gasteiger partial charge in [-0.25, -0.2) is 0 Å². The highest BCUT2D eigenvalue weighted by Gasteiger charge is 2.61. The molecule has 3 heteroatoms. The van der Waals surface area contributed by atoms with Crippen molar-refractivity contribution in [3.63, 3.8) is 0 Å². The molecular weight excluding hydrogens is 276 g/mol. The molecule has 120 valence electrons. The lowest BCUT2D eigenvalue weighted by Crippen LogP contribution is -2.56. The fraction of sp³-hybridized carbons (Fsp3) is 0.789. The molecular formula is C19H26O3. The van der Waals surface area contributed by atoms with Crippen molar-refractivity contribution in [1.29, 1.82) is 0 Å². The standard InChI is InChI=1S/C19H26O3/c1-18-8-7-12(20)9-11(18)3-4-13-14-5-6-16(22)19(14,2)10-15(21)17(13)18/h9,13-15,17,21H,3-8,10H2,1-2H3/t13-,14+,15-,17-,18-,19-/m0/s1. The molecule has 0 bridgehead atoms. The number of allylic oxidation sites excluding steroid dienone is 1. The summed E-state index contributed by atoms with van der Waals surface area (Å²) in [5.41, 5.74) is 0.920. The third-order valence-corrected chi connectivity index (χ3v) is 7.61. The largest absolute Gasteiger partial charge is 0.393 e. The van der Waals surface area contributed by atoms with E-state index in [1.54, 1.807) is 0 Å². The second-order valence-corrected chi connectivity index (χ2v) is 8.54. The Morgan fingerprint density at radius 3 is 2.64 bits per heavy atom. The fourth-order valence-electron chi connectivity index (χ4n) is 6.46. The van der Waals surface area contributed by atoms with Gasteiger partial charge in [0, 0.05) is 18.3 Å². The third kappa shape index (κ3) is 1.72. The van der Waals surface area contributed by atoms with Crippen molar-refractivity contribution in [2.24, 2.45) is 28.6 Å². The van der Waals surface area contributed by atoms with Gasteiger partial charge in [-0.3, -0.25) is 9.59 Å².